The summed E-state index contributed by atoms with van der Waals surface area (Å²) in [7, 11) is 1.57. The van der Waals surface area contributed by atoms with E-state index in [0.29, 0.717) is 23.5 Å². The van der Waals surface area contributed by atoms with Crippen LogP contribution in [0.15, 0.2) is 60.9 Å². The van der Waals surface area contributed by atoms with Gasteiger partial charge in [-0.1, -0.05) is 26.0 Å². The Morgan fingerprint density at radius 2 is 1.74 bits per heavy atom. The van der Waals surface area contributed by atoms with Crippen LogP contribution < -0.4 is 15.4 Å². The second kappa shape index (κ2) is 9.93. The standard InChI is InChI=1S/C24H28N4O3/c1-16(2)22(27-23(29)19-7-11-21(31-4)12-8-19)24(30)26-20-9-5-18(6-10-20)15-28-14-13-25-17(28)3/h5-14,16,22H,15H2,1-4H3,(H,26,30)(H,27,29). The van der Waals surface area contributed by atoms with Gasteiger partial charge in [-0.3, -0.25) is 9.59 Å². The average molecular weight is 421 g/mol. The van der Waals surface area contributed by atoms with Crippen LogP contribution in [0.2, 0.25) is 0 Å². The number of aromatic nitrogens is 2. The summed E-state index contributed by atoms with van der Waals surface area (Å²) in [6.45, 7) is 6.47. The highest BCUT2D eigenvalue weighted by molar-refractivity contribution is 6.01. The van der Waals surface area contributed by atoms with E-state index in [2.05, 4.69) is 20.2 Å². The molecular formula is C24H28N4O3. The molecule has 0 bridgehead atoms. The Balaban J connectivity index is 1.63. The molecule has 0 aliphatic carbocycles. The van der Waals surface area contributed by atoms with Crippen LogP contribution in [0.4, 0.5) is 5.69 Å². The van der Waals surface area contributed by atoms with Crippen molar-refractivity contribution in [3.8, 4) is 5.75 Å². The van der Waals surface area contributed by atoms with Gasteiger partial charge >= 0.3 is 0 Å². The second-order valence-corrected chi connectivity index (χ2v) is 7.71. The fourth-order valence-corrected chi connectivity index (χ4v) is 3.18. The molecular weight excluding hydrogens is 392 g/mol. The van der Waals surface area contributed by atoms with Crippen molar-refractivity contribution in [2.45, 2.75) is 33.4 Å². The Labute approximate surface area is 182 Å². The lowest BCUT2D eigenvalue weighted by Gasteiger charge is -2.22. The number of aryl methyl sites for hydroxylation is 1. The smallest absolute Gasteiger partial charge is 0.251 e. The zero-order valence-corrected chi connectivity index (χ0v) is 18.3. The SMILES string of the molecule is COc1ccc(C(=O)NC(C(=O)Nc2ccc(Cn3ccnc3C)cc2)C(C)C)cc1. The molecule has 1 heterocycles. The van der Waals surface area contributed by atoms with Crippen LogP contribution in [-0.4, -0.2) is 34.5 Å². The van der Waals surface area contributed by atoms with Crippen molar-refractivity contribution in [2.24, 2.45) is 5.92 Å². The summed E-state index contributed by atoms with van der Waals surface area (Å²) in [5.74, 6) is 0.981. The largest absolute Gasteiger partial charge is 0.497 e. The first kappa shape index (κ1) is 22.1. The minimum atomic E-state index is -0.664. The maximum atomic E-state index is 12.8. The van der Waals surface area contributed by atoms with Crippen molar-refractivity contribution in [2.75, 3.05) is 12.4 Å². The van der Waals surface area contributed by atoms with Crippen molar-refractivity contribution in [1.29, 1.82) is 0 Å². The summed E-state index contributed by atoms with van der Waals surface area (Å²) in [4.78, 5) is 29.7. The van der Waals surface area contributed by atoms with Gasteiger partial charge in [0.1, 0.15) is 17.6 Å². The van der Waals surface area contributed by atoms with Gasteiger partial charge in [0.15, 0.2) is 0 Å². The number of benzene rings is 2. The monoisotopic (exact) mass is 420 g/mol. The summed E-state index contributed by atoms with van der Waals surface area (Å²) in [6.07, 6.45) is 3.71. The van der Waals surface area contributed by atoms with Gasteiger partial charge < -0.3 is 19.9 Å². The minimum absolute atomic E-state index is 0.0781. The molecule has 0 saturated carbocycles. The molecule has 0 fully saturated rings. The third-order valence-corrected chi connectivity index (χ3v) is 5.09. The van der Waals surface area contributed by atoms with Crippen molar-refractivity contribution in [3.05, 3.63) is 77.9 Å². The number of rotatable bonds is 8. The third-order valence-electron chi connectivity index (χ3n) is 5.09. The summed E-state index contributed by atoms with van der Waals surface area (Å²) >= 11 is 0. The number of nitrogens with one attached hydrogen (secondary N) is 2. The summed E-state index contributed by atoms with van der Waals surface area (Å²) in [6, 6.07) is 13.8. The van der Waals surface area contributed by atoms with Gasteiger partial charge in [0.2, 0.25) is 5.91 Å². The Morgan fingerprint density at radius 3 is 2.29 bits per heavy atom. The van der Waals surface area contributed by atoms with E-state index < -0.39 is 6.04 Å². The predicted molar refractivity (Wildman–Crippen MR) is 120 cm³/mol. The number of carbonyl (C=O) groups is 2. The highest BCUT2D eigenvalue weighted by atomic mass is 16.5. The number of carbonyl (C=O) groups excluding carboxylic acids is 2. The van der Waals surface area contributed by atoms with Gasteiger partial charge in [0.25, 0.3) is 5.91 Å². The zero-order chi connectivity index (χ0) is 22.4. The first-order valence-electron chi connectivity index (χ1n) is 10.2. The molecule has 3 aromatic rings. The molecule has 0 spiro atoms. The lowest BCUT2D eigenvalue weighted by Crippen LogP contribution is -2.47. The second-order valence-electron chi connectivity index (χ2n) is 7.71. The Kier molecular flexibility index (Phi) is 7.07. The molecule has 7 heteroatoms. The van der Waals surface area contributed by atoms with Crippen molar-refractivity contribution in [3.63, 3.8) is 0 Å². The number of amides is 2. The fraction of sp³-hybridized carbons (Fsp3) is 0.292. The maximum absolute atomic E-state index is 12.8. The van der Waals surface area contributed by atoms with E-state index in [1.807, 2.05) is 51.2 Å². The highest BCUT2D eigenvalue weighted by Crippen LogP contribution is 2.15. The van der Waals surface area contributed by atoms with E-state index in [9.17, 15) is 9.59 Å². The summed E-state index contributed by atoms with van der Waals surface area (Å²) in [5, 5.41) is 5.74. The van der Waals surface area contributed by atoms with Gasteiger partial charge in [0.05, 0.1) is 7.11 Å². The fourth-order valence-electron chi connectivity index (χ4n) is 3.18. The maximum Gasteiger partial charge on any atom is 0.251 e. The number of hydrogen-bond acceptors (Lipinski definition) is 4. The topological polar surface area (TPSA) is 85.2 Å². The molecule has 0 radical (unpaired) electrons. The van der Waals surface area contributed by atoms with Crippen molar-refractivity contribution < 1.29 is 14.3 Å². The molecule has 1 aromatic heterocycles. The zero-order valence-electron chi connectivity index (χ0n) is 18.3. The Morgan fingerprint density at radius 1 is 1.06 bits per heavy atom. The van der Waals surface area contributed by atoms with Crippen LogP contribution >= 0.6 is 0 Å². The molecule has 7 nitrogen and oxygen atoms in total. The predicted octanol–water partition coefficient (Wildman–Crippen LogP) is 3.64. The number of hydrogen-bond donors (Lipinski definition) is 2. The molecule has 0 aliphatic heterocycles. The molecule has 1 atom stereocenters. The van der Waals surface area contributed by atoms with E-state index in [0.717, 1.165) is 11.4 Å². The van der Waals surface area contributed by atoms with Crippen LogP contribution in [-0.2, 0) is 11.3 Å². The number of imidazole rings is 1. The first-order chi connectivity index (χ1) is 14.9. The molecule has 2 N–H and O–H groups in total. The lowest BCUT2D eigenvalue weighted by molar-refractivity contribution is -0.118. The van der Waals surface area contributed by atoms with Crippen LogP contribution in [0.5, 0.6) is 5.75 Å². The Hall–Kier alpha value is -3.61. The van der Waals surface area contributed by atoms with E-state index in [1.54, 1.807) is 37.6 Å². The van der Waals surface area contributed by atoms with Gasteiger partial charge in [-0.2, -0.15) is 0 Å². The molecule has 3 rings (SSSR count). The number of anilines is 1. The molecule has 0 aliphatic rings. The minimum Gasteiger partial charge on any atom is -0.497 e. The third kappa shape index (κ3) is 5.72. The van der Waals surface area contributed by atoms with Crippen molar-refractivity contribution >= 4 is 17.5 Å². The van der Waals surface area contributed by atoms with E-state index in [4.69, 9.17) is 4.74 Å². The molecule has 2 aromatic carbocycles. The van der Waals surface area contributed by atoms with E-state index in [1.165, 1.54) is 0 Å². The van der Waals surface area contributed by atoms with Crippen LogP contribution in [0.25, 0.3) is 0 Å². The molecule has 0 saturated heterocycles. The molecule has 1 unspecified atom stereocenters. The molecule has 162 valence electrons. The highest BCUT2D eigenvalue weighted by Gasteiger charge is 2.24. The van der Waals surface area contributed by atoms with E-state index >= 15 is 0 Å². The van der Waals surface area contributed by atoms with Crippen LogP contribution in [0.3, 0.4) is 0 Å². The number of ether oxygens (including phenoxy) is 1. The van der Waals surface area contributed by atoms with Crippen LogP contribution in [0.1, 0.15) is 35.6 Å². The number of methoxy groups -OCH3 is 1. The number of nitrogens with zero attached hydrogens (tertiary/aromatic N) is 2. The van der Waals surface area contributed by atoms with Gasteiger partial charge in [-0.05, 0) is 54.8 Å². The normalized spacial score (nSPS) is 11.8. The lowest BCUT2D eigenvalue weighted by atomic mass is 10.0. The van der Waals surface area contributed by atoms with Gasteiger partial charge in [-0.25, -0.2) is 4.98 Å². The molecule has 2 amide bonds. The van der Waals surface area contributed by atoms with Gasteiger partial charge in [-0.15, -0.1) is 0 Å². The van der Waals surface area contributed by atoms with E-state index in [-0.39, 0.29) is 17.7 Å². The summed E-state index contributed by atoms with van der Waals surface area (Å²) in [5.41, 5.74) is 2.26. The Bertz CT molecular complexity index is 1020. The van der Waals surface area contributed by atoms with Gasteiger partial charge in [0, 0.05) is 30.2 Å². The first-order valence-corrected chi connectivity index (χ1v) is 10.2. The molecule has 31 heavy (non-hydrogen) atoms. The summed E-state index contributed by atoms with van der Waals surface area (Å²) < 4.78 is 7.17. The van der Waals surface area contributed by atoms with Crippen LogP contribution in [0, 0.1) is 12.8 Å². The average Bonchev–Trinajstić information content (AvgIpc) is 3.17. The van der Waals surface area contributed by atoms with Crippen molar-refractivity contribution in [1.82, 2.24) is 14.9 Å². The quantitative estimate of drug-likeness (QED) is 0.583.